The van der Waals surface area contributed by atoms with Crippen LogP contribution in [0.2, 0.25) is 0 Å². The van der Waals surface area contributed by atoms with Crippen molar-refractivity contribution in [3.8, 4) is 5.75 Å². The van der Waals surface area contributed by atoms with Crippen LogP contribution in [0.3, 0.4) is 0 Å². The molecule has 0 N–H and O–H groups in total. The molecule has 1 heterocycles. The first-order chi connectivity index (χ1) is 10.5. The number of rotatable bonds is 2. The second kappa shape index (κ2) is 5.20. The Balaban J connectivity index is 2.28. The van der Waals surface area contributed by atoms with Crippen molar-refractivity contribution < 1.29 is 18.7 Å². The van der Waals surface area contributed by atoms with Gasteiger partial charge in [0.05, 0.1) is 13.4 Å². The molecule has 116 valence electrons. The zero-order valence-corrected chi connectivity index (χ0v) is 13.5. The molecule has 1 aromatic carbocycles. The summed E-state index contributed by atoms with van der Waals surface area (Å²) in [7, 11) is 1.65. The molecule has 2 unspecified atom stereocenters. The highest BCUT2D eigenvalue weighted by atomic mass is 16.5. The van der Waals surface area contributed by atoms with Gasteiger partial charge in [0.1, 0.15) is 6.10 Å². The summed E-state index contributed by atoms with van der Waals surface area (Å²) in [6.45, 7) is 7.62. The third-order valence-electron chi connectivity index (χ3n) is 4.40. The van der Waals surface area contributed by atoms with Crippen LogP contribution in [0, 0.1) is 13.8 Å². The average Bonchev–Trinajstić information content (AvgIpc) is 2.84. The maximum absolute atomic E-state index is 11.3. The number of ether oxygens (including phenoxy) is 2. The standard InChI is InChI=1S/C18H20O4/c1-9-8-21-18-15(9)11(3)16-10(2)14(22-12(4)19)7-6-13(16)17(18)20-5/h6-8,10,14H,1-5H3. The number of aryl methyl sites for hydroxylation is 2. The van der Waals surface area contributed by atoms with Gasteiger partial charge in [0.2, 0.25) is 0 Å². The van der Waals surface area contributed by atoms with Gasteiger partial charge in [-0.05, 0) is 36.6 Å². The van der Waals surface area contributed by atoms with Crippen LogP contribution in [0.4, 0.5) is 0 Å². The minimum atomic E-state index is -0.268. The molecule has 22 heavy (non-hydrogen) atoms. The summed E-state index contributed by atoms with van der Waals surface area (Å²) in [5, 5.41) is 1.08. The van der Waals surface area contributed by atoms with Gasteiger partial charge in [-0.3, -0.25) is 4.79 Å². The van der Waals surface area contributed by atoms with Crippen molar-refractivity contribution in [3.05, 3.63) is 34.6 Å². The minimum Gasteiger partial charge on any atom is -0.492 e. The predicted molar refractivity (Wildman–Crippen MR) is 85.2 cm³/mol. The summed E-state index contributed by atoms with van der Waals surface area (Å²) < 4.78 is 16.7. The van der Waals surface area contributed by atoms with E-state index in [1.165, 1.54) is 6.92 Å². The van der Waals surface area contributed by atoms with Crippen LogP contribution in [-0.4, -0.2) is 19.2 Å². The lowest BCUT2D eigenvalue weighted by molar-refractivity contribution is -0.144. The lowest BCUT2D eigenvalue weighted by Crippen LogP contribution is -2.24. The third-order valence-corrected chi connectivity index (χ3v) is 4.40. The third kappa shape index (κ3) is 2.02. The minimum absolute atomic E-state index is 0.0662. The maximum atomic E-state index is 11.3. The van der Waals surface area contributed by atoms with Gasteiger partial charge >= 0.3 is 5.97 Å². The van der Waals surface area contributed by atoms with Gasteiger partial charge in [-0.1, -0.05) is 13.0 Å². The fourth-order valence-corrected chi connectivity index (χ4v) is 3.47. The van der Waals surface area contributed by atoms with Crippen LogP contribution in [0.1, 0.15) is 42.0 Å². The van der Waals surface area contributed by atoms with E-state index in [0.717, 1.165) is 39.0 Å². The summed E-state index contributed by atoms with van der Waals surface area (Å²) in [6, 6.07) is 0. The van der Waals surface area contributed by atoms with Crippen LogP contribution in [0.25, 0.3) is 17.0 Å². The van der Waals surface area contributed by atoms with Crippen molar-refractivity contribution in [1.82, 2.24) is 0 Å². The van der Waals surface area contributed by atoms with Crippen molar-refractivity contribution in [3.63, 3.8) is 0 Å². The number of hydrogen-bond donors (Lipinski definition) is 0. The second-order valence-electron chi connectivity index (χ2n) is 5.83. The molecular formula is C18H20O4. The zero-order chi connectivity index (χ0) is 16.0. The molecule has 0 aliphatic heterocycles. The predicted octanol–water partition coefficient (Wildman–Crippen LogP) is 4.12. The number of methoxy groups -OCH3 is 1. The lowest BCUT2D eigenvalue weighted by atomic mass is 9.81. The zero-order valence-electron chi connectivity index (χ0n) is 13.5. The van der Waals surface area contributed by atoms with Crippen molar-refractivity contribution in [2.24, 2.45) is 0 Å². The fraction of sp³-hybridized carbons (Fsp3) is 0.389. The lowest BCUT2D eigenvalue weighted by Gasteiger charge is -2.29. The quantitative estimate of drug-likeness (QED) is 0.783. The Morgan fingerprint density at radius 1 is 1.32 bits per heavy atom. The van der Waals surface area contributed by atoms with E-state index in [-0.39, 0.29) is 18.0 Å². The molecular weight excluding hydrogens is 280 g/mol. The number of furan rings is 1. The highest BCUT2D eigenvalue weighted by Crippen LogP contribution is 2.45. The van der Waals surface area contributed by atoms with Crippen molar-refractivity contribution >= 4 is 23.0 Å². The average molecular weight is 300 g/mol. The molecule has 0 spiro atoms. The first kappa shape index (κ1) is 14.7. The smallest absolute Gasteiger partial charge is 0.303 e. The number of hydrogen-bond acceptors (Lipinski definition) is 4. The largest absolute Gasteiger partial charge is 0.492 e. The Bertz CT molecular complexity index is 782. The van der Waals surface area contributed by atoms with Gasteiger partial charge in [0, 0.05) is 23.8 Å². The van der Waals surface area contributed by atoms with Crippen molar-refractivity contribution in [2.45, 2.75) is 39.7 Å². The molecule has 1 aliphatic rings. The van der Waals surface area contributed by atoms with Gasteiger partial charge in [0.15, 0.2) is 11.3 Å². The summed E-state index contributed by atoms with van der Waals surface area (Å²) in [4.78, 5) is 11.3. The van der Waals surface area contributed by atoms with Gasteiger partial charge in [-0.25, -0.2) is 0 Å². The van der Waals surface area contributed by atoms with Crippen LogP contribution >= 0.6 is 0 Å². The molecule has 1 aliphatic carbocycles. The number of fused-ring (bicyclic) bond motifs is 2. The van der Waals surface area contributed by atoms with Gasteiger partial charge in [-0.2, -0.15) is 0 Å². The number of esters is 1. The number of carbonyl (C=O) groups is 1. The molecule has 2 atom stereocenters. The monoisotopic (exact) mass is 300 g/mol. The highest BCUT2D eigenvalue weighted by Gasteiger charge is 2.31. The van der Waals surface area contributed by atoms with Crippen LogP contribution in [0.5, 0.6) is 5.75 Å². The van der Waals surface area contributed by atoms with Crippen molar-refractivity contribution in [1.29, 1.82) is 0 Å². The summed E-state index contributed by atoms with van der Waals surface area (Å²) >= 11 is 0. The molecule has 0 saturated heterocycles. The molecule has 0 amide bonds. The van der Waals surface area contributed by atoms with E-state index in [1.54, 1.807) is 13.4 Å². The van der Waals surface area contributed by atoms with E-state index in [1.807, 2.05) is 19.1 Å². The Morgan fingerprint density at radius 2 is 2.05 bits per heavy atom. The van der Waals surface area contributed by atoms with Crippen LogP contribution < -0.4 is 4.74 Å². The van der Waals surface area contributed by atoms with Gasteiger partial charge in [0.25, 0.3) is 0 Å². The topological polar surface area (TPSA) is 48.7 Å². The first-order valence-corrected chi connectivity index (χ1v) is 7.39. The van der Waals surface area contributed by atoms with Gasteiger partial charge < -0.3 is 13.9 Å². The molecule has 0 radical (unpaired) electrons. The summed E-state index contributed by atoms with van der Waals surface area (Å²) in [6.07, 6.45) is 5.38. The highest BCUT2D eigenvalue weighted by molar-refractivity contribution is 5.95. The number of benzene rings is 1. The second-order valence-corrected chi connectivity index (χ2v) is 5.83. The van der Waals surface area contributed by atoms with E-state index in [4.69, 9.17) is 13.9 Å². The molecule has 2 aromatic rings. The molecule has 3 rings (SSSR count). The summed E-state index contributed by atoms with van der Waals surface area (Å²) in [5.41, 5.74) is 5.19. The molecule has 0 bridgehead atoms. The Kier molecular flexibility index (Phi) is 3.47. The SMILES string of the molecule is COc1c2c(c(C)c3c(C)coc13)C(C)C(OC(C)=O)C=C2. The van der Waals surface area contributed by atoms with E-state index in [2.05, 4.69) is 13.8 Å². The Hall–Kier alpha value is -2.23. The van der Waals surface area contributed by atoms with E-state index >= 15 is 0 Å². The fourth-order valence-electron chi connectivity index (χ4n) is 3.47. The number of carbonyl (C=O) groups excluding carboxylic acids is 1. The van der Waals surface area contributed by atoms with E-state index in [0.29, 0.717) is 0 Å². The molecule has 4 heteroatoms. The maximum Gasteiger partial charge on any atom is 0.303 e. The Morgan fingerprint density at radius 3 is 2.68 bits per heavy atom. The van der Waals surface area contributed by atoms with Gasteiger partial charge in [-0.15, -0.1) is 0 Å². The normalized spacial score (nSPS) is 20.0. The molecule has 4 nitrogen and oxygen atoms in total. The Labute approximate surface area is 129 Å². The van der Waals surface area contributed by atoms with Crippen molar-refractivity contribution in [2.75, 3.05) is 7.11 Å². The van der Waals surface area contributed by atoms with Crippen LogP contribution in [0.15, 0.2) is 16.8 Å². The molecule has 0 fully saturated rings. The molecule has 1 aromatic heterocycles. The van der Waals surface area contributed by atoms with E-state index in [9.17, 15) is 4.79 Å². The van der Waals surface area contributed by atoms with Crippen LogP contribution in [-0.2, 0) is 9.53 Å². The molecule has 0 saturated carbocycles. The first-order valence-electron chi connectivity index (χ1n) is 7.39. The summed E-state index contributed by atoms with van der Waals surface area (Å²) in [5.74, 6) is 0.541. The van der Waals surface area contributed by atoms with E-state index < -0.39 is 0 Å².